The number of hydrogen-bond donors (Lipinski definition) is 2. The van der Waals surface area contributed by atoms with Crippen molar-refractivity contribution in [2.75, 3.05) is 27.2 Å². The molecule has 7 heteroatoms. The van der Waals surface area contributed by atoms with Crippen LogP contribution in [0.15, 0.2) is 23.9 Å². The summed E-state index contributed by atoms with van der Waals surface area (Å²) in [4.78, 5) is 13.8. The Kier molecular flexibility index (Phi) is 9.30. The van der Waals surface area contributed by atoms with Gasteiger partial charge in [-0.2, -0.15) is 0 Å². The number of benzene rings is 1. The predicted molar refractivity (Wildman–Crippen MR) is 121 cm³/mol. The third kappa shape index (κ3) is 6.83. The Morgan fingerprint density at radius 1 is 1.20 bits per heavy atom. The van der Waals surface area contributed by atoms with E-state index in [-0.39, 0.29) is 12.7 Å². The summed E-state index contributed by atoms with van der Waals surface area (Å²) < 4.78 is 11.6. The molecule has 1 saturated carbocycles. The van der Waals surface area contributed by atoms with Gasteiger partial charge in [0.15, 0.2) is 0 Å². The van der Waals surface area contributed by atoms with Crippen molar-refractivity contribution in [2.45, 2.75) is 64.9 Å². The molecular formula is C23H38N4O3. The fraction of sp³-hybridized carbons (Fsp3) is 0.609. The van der Waals surface area contributed by atoms with Crippen molar-refractivity contribution in [1.82, 2.24) is 9.91 Å². The number of hydrogen-bond acceptors (Lipinski definition) is 6. The third-order valence-corrected chi connectivity index (χ3v) is 5.56. The van der Waals surface area contributed by atoms with Gasteiger partial charge >= 0.3 is 6.09 Å². The summed E-state index contributed by atoms with van der Waals surface area (Å²) >= 11 is 0. The molecule has 168 valence electrons. The van der Waals surface area contributed by atoms with Crippen molar-refractivity contribution >= 4 is 11.8 Å². The molecule has 0 aliphatic heterocycles. The molecule has 1 amide bonds. The summed E-state index contributed by atoms with van der Waals surface area (Å²) in [6, 6.07) is 5.89. The number of carbonyl (C=O) groups is 1. The minimum Gasteiger partial charge on any atom is -0.490 e. The Labute approximate surface area is 180 Å². The lowest BCUT2D eigenvalue weighted by Gasteiger charge is -2.24. The van der Waals surface area contributed by atoms with Crippen molar-refractivity contribution in [3.05, 3.63) is 35.0 Å². The van der Waals surface area contributed by atoms with Crippen molar-refractivity contribution < 1.29 is 14.3 Å². The number of likely N-dealkylation sites (N-methyl/N-ethyl adjacent to an activating group) is 1. The van der Waals surface area contributed by atoms with Crippen molar-refractivity contribution in [1.29, 1.82) is 0 Å². The van der Waals surface area contributed by atoms with Gasteiger partial charge in [-0.15, -0.1) is 0 Å². The minimum absolute atomic E-state index is 0.00745. The standard InChI is InChI=1S/C23H38N4O3/c1-5-6-14-26(3)23(28)29-16-20(27(4)25)22(24)18-12-13-21(17(2)15-18)30-19-10-8-7-9-11-19/h12-13,15,19H,5-11,14,16,24-25H2,1-4H3/b22-20-. The first-order valence-corrected chi connectivity index (χ1v) is 11.0. The zero-order valence-corrected chi connectivity index (χ0v) is 18.9. The molecule has 0 radical (unpaired) electrons. The van der Waals surface area contributed by atoms with Crippen LogP contribution >= 0.6 is 0 Å². The molecule has 0 saturated heterocycles. The van der Waals surface area contributed by atoms with Gasteiger partial charge in [-0.05, 0) is 68.4 Å². The first-order valence-electron chi connectivity index (χ1n) is 11.0. The normalized spacial score (nSPS) is 15.4. The average molecular weight is 419 g/mol. The molecular weight excluding hydrogens is 380 g/mol. The maximum atomic E-state index is 12.2. The molecule has 0 aromatic heterocycles. The summed E-state index contributed by atoms with van der Waals surface area (Å²) in [7, 11) is 3.41. The van der Waals surface area contributed by atoms with Crippen LogP contribution in [0.4, 0.5) is 4.79 Å². The molecule has 1 aliphatic rings. The Bertz CT molecular complexity index is 727. The SMILES string of the molecule is CCCCN(C)C(=O)OC/C(=C(/N)c1ccc(OC2CCCCC2)c(C)c1)N(C)N. The van der Waals surface area contributed by atoms with Gasteiger partial charge in [-0.1, -0.05) is 19.8 Å². The average Bonchev–Trinajstić information content (AvgIpc) is 2.73. The number of nitrogens with two attached hydrogens (primary N) is 2. The lowest BCUT2D eigenvalue weighted by molar-refractivity contribution is 0.113. The summed E-state index contributed by atoms with van der Waals surface area (Å²) in [5.41, 5.74) is 9.28. The monoisotopic (exact) mass is 418 g/mol. The molecule has 0 bridgehead atoms. The van der Waals surface area contributed by atoms with E-state index in [2.05, 4.69) is 6.92 Å². The molecule has 1 aliphatic carbocycles. The summed E-state index contributed by atoms with van der Waals surface area (Å²) in [6.07, 6.45) is 7.85. The van der Waals surface area contributed by atoms with Gasteiger partial charge in [0.05, 0.1) is 17.5 Å². The molecule has 7 nitrogen and oxygen atoms in total. The van der Waals surface area contributed by atoms with Crippen LogP contribution in [-0.2, 0) is 4.74 Å². The maximum Gasteiger partial charge on any atom is 0.409 e. The minimum atomic E-state index is -0.386. The molecule has 1 aromatic rings. The van der Waals surface area contributed by atoms with E-state index in [0.29, 0.717) is 24.0 Å². The van der Waals surface area contributed by atoms with Gasteiger partial charge in [0.25, 0.3) is 0 Å². The van der Waals surface area contributed by atoms with Crippen LogP contribution in [0.3, 0.4) is 0 Å². The van der Waals surface area contributed by atoms with Gasteiger partial charge in [0, 0.05) is 20.6 Å². The quantitative estimate of drug-likeness (QED) is 0.465. The van der Waals surface area contributed by atoms with Crippen molar-refractivity contribution in [3.63, 3.8) is 0 Å². The highest BCUT2D eigenvalue weighted by atomic mass is 16.6. The van der Waals surface area contributed by atoms with E-state index in [0.717, 1.165) is 42.6 Å². The molecule has 0 atom stereocenters. The fourth-order valence-corrected chi connectivity index (χ4v) is 3.57. The van der Waals surface area contributed by atoms with Crippen molar-refractivity contribution in [3.8, 4) is 5.75 Å². The molecule has 0 unspecified atom stereocenters. The van der Waals surface area contributed by atoms with Crippen LogP contribution in [0, 0.1) is 6.92 Å². The van der Waals surface area contributed by atoms with Crippen LogP contribution in [0.1, 0.15) is 63.0 Å². The van der Waals surface area contributed by atoms with Gasteiger partial charge in [0.2, 0.25) is 0 Å². The van der Waals surface area contributed by atoms with Crippen molar-refractivity contribution in [2.24, 2.45) is 11.6 Å². The summed E-state index contributed by atoms with van der Waals surface area (Å²) in [6.45, 7) is 4.76. The number of nitrogens with zero attached hydrogens (tertiary/aromatic N) is 2. The summed E-state index contributed by atoms with van der Waals surface area (Å²) in [5.74, 6) is 6.87. The molecule has 2 rings (SSSR count). The number of amides is 1. The highest BCUT2D eigenvalue weighted by Crippen LogP contribution is 2.28. The molecule has 0 heterocycles. The van der Waals surface area contributed by atoms with Gasteiger partial charge in [-0.3, -0.25) is 0 Å². The van der Waals surface area contributed by atoms with Crippen LogP contribution in [0.25, 0.3) is 5.70 Å². The molecule has 4 N–H and O–H groups in total. The zero-order chi connectivity index (χ0) is 22.1. The van der Waals surface area contributed by atoms with Crippen LogP contribution in [0.5, 0.6) is 5.75 Å². The Hall–Kier alpha value is -2.41. The Morgan fingerprint density at radius 2 is 1.90 bits per heavy atom. The number of ether oxygens (including phenoxy) is 2. The Balaban J connectivity index is 2.09. The summed E-state index contributed by atoms with van der Waals surface area (Å²) in [5, 5.41) is 1.40. The second-order valence-corrected chi connectivity index (χ2v) is 8.16. The first-order chi connectivity index (χ1) is 14.3. The number of hydrazine groups is 1. The van der Waals surface area contributed by atoms with E-state index < -0.39 is 0 Å². The van der Waals surface area contributed by atoms with Crippen LogP contribution < -0.4 is 16.3 Å². The predicted octanol–water partition coefficient (Wildman–Crippen LogP) is 4.01. The van der Waals surface area contributed by atoms with E-state index in [9.17, 15) is 4.79 Å². The Morgan fingerprint density at radius 3 is 2.50 bits per heavy atom. The van der Waals surface area contributed by atoms with Crippen LogP contribution in [0.2, 0.25) is 0 Å². The highest BCUT2D eigenvalue weighted by molar-refractivity contribution is 5.70. The number of aryl methyl sites for hydroxylation is 1. The fourth-order valence-electron chi connectivity index (χ4n) is 3.57. The second kappa shape index (κ2) is 11.7. The van der Waals surface area contributed by atoms with E-state index in [1.54, 1.807) is 19.0 Å². The van der Waals surface area contributed by atoms with E-state index in [4.69, 9.17) is 21.1 Å². The van der Waals surface area contributed by atoms with Gasteiger partial charge < -0.3 is 25.1 Å². The van der Waals surface area contributed by atoms with E-state index in [1.165, 1.54) is 24.3 Å². The third-order valence-electron chi connectivity index (χ3n) is 5.56. The zero-order valence-electron chi connectivity index (χ0n) is 18.9. The molecule has 30 heavy (non-hydrogen) atoms. The topological polar surface area (TPSA) is 94.0 Å². The van der Waals surface area contributed by atoms with E-state index in [1.807, 2.05) is 25.1 Å². The maximum absolute atomic E-state index is 12.2. The first kappa shape index (κ1) is 23.9. The number of rotatable bonds is 9. The second-order valence-electron chi connectivity index (χ2n) is 8.16. The van der Waals surface area contributed by atoms with Gasteiger partial charge in [0.1, 0.15) is 12.4 Å². The lowest BCUT2D eigenvalue weighted by atomic mass is 9.97. The van der Waals surface area contributed by atoms with Gasteiger partial charge in [-0.25, -0.2) is 10.6 Å². The van der Waals surface area contributed by atoms with E-state index >= 15 is 0 Å². The lowest BCUT2D eigenvalue weighted by Crippen LogP contribution is -2.34. The highest BCUT2D eigenvalue weighted by Gasteiger charge is 2.18. The molecule has 1 fully saturated rings. The molecule has 1 aromatic carbocycles. The smallest absolute Gasteiger partial charge is 0.409 e. The largest absolute Gasteiger partial charge is 0.490 e. The number of unbranched alkanes of at least 4 members (excludes halogenated alkanes) is 1. The van der Waals surface area contributed by atoms with Crippen LogP contribution in [-0.4, -0.2) is 49.4 Å². The molecule has 0 spiro atoms. The number of carbonyl (C=O) groups excluding carboxylic acids is 1.